The van der Waals surface area contributed by atoms with Crippen LogP contribution in [0.3, 0.4) is 0 Å². The SMILES string of the molecule is Cc1ncc(-c2cccc(NC(=O)c3ccc(F)c(F)c3)c2)[nH]1. The van der Waals surface area contributed by atoms with Crippen molar-refractivity contribution in [3.8, 4) is 11.3 Å². The van der Waals surface area contributed by atoms with Crippen LogP contribution in [-0.4, -0.2) is 15.9 Å². The van der Waals surface area contributed by atoms with Gasteiger partial charge < -0.3 is 10.3 Å². The number of aromatic amines is 1. The highest BCUT2D eigenvalue weighted by Gasteiger charge is 2.10. The molecule has 3 aromatic rings. The second-order valence-electron chi connectivity index (χ2n) is 5.05. The van der Waals surface area contributed by atoms with E-state index in [0.29, 0.717) is 5.69 Å². The summed E-state index contributed by atoms with van der Waals surface area (Å²) < 4.78 is 26.1. The number of rotatable bonds is 3. The number of amides is 1. The summed E-state index contributed by atoms with van der Waals surface area (Å²) in [7, 11) is 0. The Morgan fingerprint density at radius 2 is 1.96 bits per heavy atom. The summed E-state index contributed by atoms with van der Waals surface area (Å²) in [5, 5.41) is 2.66. The standard InChI is InChI=1S/C17H13F2N3O/c1-10-20-9-16(21-10)11-3-2-4-13(7-11)22-17(23)12-5-6-14(18)15(19)8-12/h2-9H,1H3,(H,20,21)(H,22,23). The number of benzene rings is 2. The third-order valence-corrected chi connectivity index (χ3v) is 3.32. The van der Waals surface area contributed by atoms with E-state index in [1.165, 1.54) is 6.07 Å². The van der Waals surface area contributed by atoms with Gasteiger partial charge in [0.05, 0.1) is 11.9 Å². The van der Waals surface area contributed by atoms with Gasteiger partial charge in [0, 0.05) is 16.8 Å². The van der Waals surface area contributed by atoms with Crippen molar-refractivity contribution in [2.24, 2.45) is 0 Å². The molecular formula is C17H13F2N3O. The molecule has 0 aliphatic rings. The van der Waals surface area contributed by atoms with Crippen LogP contribution in [0.25, 0.3) is 11.3 Å². The van der Waals surface area contributed by atoms with Gasteiger partial charge >= 0.3 is 0 Å². The minimum Gasteiger partial charge on any atom is -0.342 e. The molecule has 0 fully saturated rings. The Morgan fingerprint density at radius 3 is 2.65 bits per heavy atom. The van der Waals surface area contributed by atoms with Crippen molar-refractivity contribution in [2.75, 3.05) is 5.32 Å². The molecule has 1 aromatic heterocycles. The molecule has 4 nitrogen and oxygen atoms in total. The van der Waals surface area contributed by atoms with Crippen LogP contribution < -0.4 is 5.32 Å². The van der Waals surface area contributed by atoms with Gasteiger partial charge in [0.15, 0.2) is 11.6 Å². The topological polar surface area (TPSA) is 57.8 Å². The summed E-state index contributed by atoms with van der Waals surface area (Å²) in [5.41, 5.74) is 2.27. The molecule has 1 heterocycles. The van der Waals surface area contributed by atoms with Crippen LogP contribution in [0, 0.1) is 18.6 Å². The molecule has 0 radical (unpaired) electrons. The largest absolute Gasteiger partial charge is 0.342 e. The van der Waals surface area contributed by atoms with Crippen LogP contribution in [-0.2, 0) is 0 Å². The van der Waals surface area contributed by atoms with E-state index in [9.17, 15) is 13.6 Å². The number of hydrogen-bond acceptors (Lipinski definition) is 2. The zero-order valence-electron chi connectivity index (χ0n) is 12.2. The van der Waals surface area contributed by atoms with Gasteiger partial charge in [0.1, 0.15) is 5.82 Å². The van der Waals surface area contributed by atoms with Crippen molar-refractivity contribution in [1.82, 2.24) is 9.97 Å². The fourth-order valence-electron chi connectivity index (χ4n) is 2.17. The molecule has 2 N–H and O–H groups in total. The summed E-state index contributed by atoms with van der Waals surface area (Å²) in [6, 6.07) is 10.2. The molecule has 0 aliphatic carbocycles. The summed E-state index contributed by atoms with van der Waals surface area (Å²) in [4.78, 5) is 19.3. The first kappa shape index (κ1) is 14.9. The first-order chi connectivity index (χ1) is 11.0. The molecule has 1 amide bonds. The van der Waals surface area contributed by atoms with Gasteiger partial charge in [0.25, 0.3) is 5.91 Å². The van der Waals surface area contributed by atoms with E-state index in [4.69, 9.17) is 0 Å². The van der Waals surface area contributed by atoms with E-state index < -0.39 is 17.5 Å². The second kappa shape index (κ2) is 6.00. The fraction of sp³-hybridized carbons (Fsp3) is 0.0588. The quantitative estimate of drug-likeness (QED) is 0.770. The number of H-pyrrole nitrogens is 1. The number of anilines is 1. The number of nitrogens with zero attached hydrogens (tertiary/aromatic N) is 1. The van der Waals surface area contributed by atoms with E-state index in [1.807, 2.05) is 13.0 Å². The number of halogens is 2. The normalized spacial score (nSPS) is 10.6. The lowest BCUT2D eigenvalue weighted by molar-refractivity contribution is 0.102. The summed E-state index contributed by atoms with van der Waals surface area (Å²) >= 11 is 0. The fourth-order valence-corrected chi connectivity index (χ4v) is 2.17. The summed E-state index contributed by atoms with van der Waals surface area (Å²) in [6.45, 7) is 1.85. The highest BCUT2D eigenvalue weighted by Crippen LogP contribution is 2.21. The summed E-state index contributed by atoms with van der Waals surface area (Å²) in [5.74, 6) is -1.77. The Kier molecular flexibility index (Phi) is 3.89. The zero-order chi connectivity index (χ0) is 16.4. The number of aryl methyl sites for hydroxylation is 1. The lowest BCUT2D eigenvalue weighted by atomic mass is 10.1. The third kappa shape index (κ3) is 3.26. The Balaban J connectivity index is 1.82. The molecule has 0 aliphatic heterocycles. The van der Waals surface area contributed by atoms with Crippen molar-refractivity contribution in [1.29, 1.82) is 0 Å². The van der Waals surface area contributed by atoms with Crippen LogP contribution in [0.1, 0.15) is 16.2 Å². The Bertz CT molecular complexity index is 874. The van der Waals surface area contributed by atoms with Crippen molar-refractivity contribution in [2.45, 2.75) is 6.92 Å². The molecule has 0 spiro atoms. The Hall–Kier alpha value is -3.02. The number of hydrogen-bond donors (Lipinski definition) is 2. The van der Waals surface area contributed by atoms with Crippen LogP contribution >= 0.6 is 0 Å². The molecule has 0 unspecified atom stereocenters. The van der Waals surface area contributed by atoms with Gasteiger partial charge in [-0.1, -0.05) is 12.1 Å². The van der Waals surface area contributed by atoms with Crippen molar-refractivity contribution >= 4 is 11.6 Å². The van der Waals surface area contributed by atoms with E-state index in [1.54, 1.807) is 24.4 Å². The predicted molar refractivity (Wildman–Crippen MR) is 83.1 cm³/mol. The maximum absolute atomic E-state index is 13.2. The molecule has 3 rings (SSSR count). The molecule has 0 bridgehead atoms. The van der Waals surface area contributed by atoms with E-state index in [2.05, 4.69) is 15.3 Å². The van der Waals surface area contributed by atoms with Crippen molar-refractivity contribution in [3.05, 3.63) is 71.7 Å². The predicted octanol–water partition coefficient (Wildman–Crippen LogP) is 3.92. The van der Waals surface area contributed by atoms with Gasteiger partial charge in [-0.05, 0) is 37.3 Å². The Labute approximate surface area is 131 Å². The van der Waals surface area contributed by atoms with E-state index >= 15 is 0 Å². The van der Waals surface area contributed by atoms with E-state index in [0.717, 1.165) is 29.2 Å². The second-order valence-corrected chi connectivity index (χ2v) is 5.05. The molecular weight excluding hydrogens is 300 g/mol. The van der Waals surface area contributed by atoms with Gasteiger partial charge in [-0.3, -0.25) is 4.79 Å². The van der Waals surface area contributed by atoms with Crippen LogP contribution in [0.4, 0.5) is 14.5 Å². The number of carbonyl (C=O) groups excluding carboxylic acids is 1. The number of imidazole rings is 1. The zero-order valence-corrected chi connectivity index (χ0v) is 12.2. The Morgan fingerprint density at radius 1 is 1.13 bits per heavy atom. The van der Waals surface area contributed by atoms with Crippen molar-refractivity contribution < 1.29 is 13.6 Å². The lowest BCUT2D eigenvalue weighted by Crippen LogP contribution is -2.12. The van der Waals surface area contributed by atoms with Crippen LogP contribution in [0.2, 0.25) is 0 Å². The molecule has 116 valence electrons. The average molecular weight is 313 g/mol. The highest BCUT2D eigenvalue weighted by atomic mass is 19.2. The van der Waals surface area contributed by atoms with E-state index in [-0.39, 0.29) is 5.56 Å². The first-order valence-corrected chi connectivity index (χ1v) is 6.91. The lowest BCUT2D eigenvalue weighted by Gasteiger charge is -2.07. The molecule has 23 heavy (non-hydrogen) atoms. The smallest absolute Gasteiger partial charge is 0.255 e. The molecule has 0 saturated heterocycles. The number of nitrogens with one attached hydrogen (secondary N) is 2. The monoisotopic (exact) mass is 313 g/mol. The molecule has 0 saturated carbocycles. The molecule has 0 atom stereocenters. The third-order valence-electron chi connectivity index (χ3n) is 3.32. The van der Waals surface area contributed by atoms with Gasteiger partial charge in [-0.15, -0.1) is 0 Å². The minimum atomic E-state index is -1.06. The van der Waals surface area contributed by atoms with Crippen molar-refractivity contribution in [3.63, 3.8) is 0 Å². The highest BCUT2D eigenvalue weighted by molar-refractivity contribution is 6.04. The first-order valence-electron chi connectivity index (χ1n) is 6.91. The maximum atomic E-state index is 13.2. The van der Waals surface area contributed by atoms with Crippen LogP contribution in [0.15, 0.2) is 48.7 Å². The molecule has 2 aromatic carbocycles. The maximum Gasteiger partial charge on any atom is 0.255 e. The average Bonchev–Trinajstić information content (AvgIpc) is 2.97. The number of carbonyl (C=O) groups is 1. The summed E-state index contributed by atoms with van der Waals surface area (Å²) in [6.07, 6.45) is 1.70. The van der Waals surface area contributed by atoms with Gasteiger partial charge in [-0.25, -0.2) is 13.8 Å². The minimum absolute atomic E-state index is 0.0479. The van der Waals surface area contributed by atoms with Gasteiger partial charge in [0.2, 0.25) is 0 Å². The van der Waals surface area contributed by atoms with Crippen LogP contribution in [0.5, 0.6) is 0 Å². The number of aromatic nitrogens is 2. The molecule has 6 heteroatoms. The van der Waals surface area contributed by atoms with Gasteiger partial charge in [-0.2, -0.15) is 0 Å².